The lowest BCUT2D eigenvalue weighted by molar-refractivity contribution is -0.132. The van der Waals surface area contributed by atoms with Gasteiger partial charge in [0.2, 0.25) is 5.91 Å². The van der Waals surface area contributed by atoms with Gasteiger partial charge < -0.3 is 10.2 Å². The predicted octanol–water partition coefficient (Wildman–Crippen LogP) is 0.467. The van der Waals surface area contributed by atoms with Gasteiger partial charge >= 0.3 is 0 Å². The summed E-state index contributed by atoms with van der Waals surface area (Å²) in [5.41, 5.74) is 0.527. The molecule has 0 radical (unpaired) electrons. The Bertz CT molecular complexity index is 836. The van der Waals surface area contributed by atoms with Gasteiger partial charge in [-0.2, -0.15) is 0 Å². The van der Waals surface area contributed by atoms with Crippen LogP contribution in [0.5, 0.6) is 0 Å². The van der Waals surface area contributed by atoms with Crippen LogP contribution in [0.4, 0.5) is 0 Å². The van der Waals surface area contributed by atoms with E-state index in [0.29, 0.717) is 24.2 Å². The van der Waals surface area contributed by atoms with E-state index in [2.05, 4.69) is 15.0 Å². The molecule has 3 unspecified atom stereocenters. The molecule has 2 bridgehead atoms. The molecule has 3 aliphatic heterocycles. The number of amides is 1. The van der Waals surface area contributed by atoms with Crippen LogP contribution in [0.1, 0.15) is 31.7 Å². The van der Waals surface area contributed by atoms with Gasteiger partial charge in [-0.05, 0) is 38.3 Å². The predicted molar refractivity (Wildman–Crippen MR) is 93.9 cm³/mol. The number of carbonyl (C=O) groups excluding carboxylic acids is 1. The van der Waals surface area contributed by atoms with E-state index >= 15 is 0 Å². The van der Waals surface area contributed by atoms with Crippen molar-refractivity contribution in [3.05, 3.63) is 29.8 Å². The number of amidine groups is 1. The van der Waals surface area contributed by atoms with Gasteiger partial charge in [-0.25, -0.2) is 8.42 Å². The maximum Gasteiger partial charge on any atom is 0.263 e. The lowest BCUT2D eigenvalue weighted by Crippen LogP contribution is -2.43. The molecule has 2 fully saturated rings. The fraction of sp³-hybridized carbons (Fsp3) is 0.529. The van der Waals surface area contributed by atoms with Crippen LogP contribution < -0.4 is 10.0 Å². The molecule has 7 nitrogen and oxygen atoms in total. The molecule has 25 heavy (non-hydrogen) atoms. The molecule has 3 heterocycles. The lowest BCUT2D eigenvalue weighted by atomic mass is 10.1. The molecule has 2 N–H and O–H groups in total. The van der Waals surface area contributed by atoms with Crippen molar-refractivity contribution in [3.8, 4) is 0 Å². The summed E-state index contributed by atoms with van der Waals surface area (Å²) < 4.78 is 26.8. The molecule has 1 aromatic carbocycles. The molecule has 0 saturated carbocycles. The van der Waals surface area contributed by atoms with Crippen LogP contribution in [0.25, 0.3) is 0 Å². The van der Waals surface area contributed by atoms with Crippen LogP contribution in [-0.2, 0) is 14.8 Å². The van der Waals surface area contributed by atoms with Crippen molar-refractivity contribution in [1.82, 2.24) is 14.9 Å². The van der Waals surface area contributed by atoms with Gasteiger partial charge in [0.25, 0.3) is 10.0 Å². The molecule has 0 spiro atoms. The summed E-state index contributed by atoms with van der Waals surface area (Å²) in [5, 5.41) is 3.55. The quantitative estimate of drug-likeness (QED) is 0.800. The number of hydrogen-bond donors (Lipinski definition) is 2. The van der Waals surface area contributed by atoms with E-state index < -0.39 is 16.1 Å². The largest absolute Gasteiger partial charge is 0.339 e. The number of fused-ring (bicyclic) bond motifs is 3. The molecular weight excluding hydrogens is 340 g/mol. The summed E-state index contributed by atoms with van der Waals surface area (Å²) in [5.74, 6) is 0.205. The number of benzene rings is 1. The number of nitrogens with one attached hydrogen (secondary N) is 2. The van der Waals surface area contributed by atoms with Crippen LogP contribution in [-0.4, -0.2) is 56.3 Å². The first kappa shape index (κ1) is 16.5. The molecule has 1 amide bonds. The van der Waals surface area contributed by atoms with Crippen LogP contribution in [0.15, 0.2) is 34.2 Å². The first-order chi connectivity index (χ1) is 11.9. The normalized spacial score (nSPS) is 29.8. The standard InChI is InChI=1S/C17H22N4O3S/c1-11(17(22)21-9-8-12-6-7-13(10-21)19-12)18-16-14-4-2-3-5-15(14)25(23,24)20-16/h2-5,11-13,19H,6-10H2,1H3,(H,18,20). The van der Waals surface area contributed by atoms with Crippen molar-refractivity contribution in [2.45, 2.75) is 49.2 Å². The Morgan fingerprint density at radius 3 is 2.84 bits per heavy atom. The van der Waals surface area contributed by atoms with E-state index in [1.54, 1.807) is 31.2 Å². The van der Waals surface area contributed by atoms with Gasteiger partial charge in [-0.15, -0.1) is 0 Å². The molecule has 134 valence electrons. The number of aliphatic imine (C=N–C) groups is 1. The fourth-order valence-electron chi connectivity index (χ4n) is 3.89. The second-order valence-electron chi connectivity index (χ2n) is 6.97. The Kier molecular flexibility index (Phi) is 4.04. The monoisotopic (exact) mass is 362 g/mol. The second-order valence-corrected chi connectivity index (χ2v) is 8.62. The van der Waals surface area contributed by atoms with Crippen LogP contribution >= 0.6 is 0 Å². The van der Waals surface area contributed by atoms with E-state index in [9.17, 15) is 13.2 Å². The molecule has 1 aromatic rings. The molecule has 8 heteroatoms. The molecule has 3 atom stereocenters. The Labute approximate surface area is 147 Å². The summed E-state index contributed by atoms with van der Waals surface area (Å²) in [6.07, 6.45) is 3.24. The van der Waals surface area contributed by atoms with Crippen molar-refractivity contribution in [2.75, 3.05) is 13.1 Å². The molecule has 2 saturated heterocycles. The van der Waals surface area contributed by atoms with Crippen LogP contribution in [0.3, 0.4) is 0 Å². The first-order valence-corrected chi connectivity index (χ1v) is 10.2. The van der Waals surface area contributed by atoms with Crippen molar-refractivity contribution in [2.24, 2.45) is 4.99 Å². The van der Waals surface area contributed by atoms with Crippen molar-refractivity contribution in [3.63, 3.8) is 0 Å². The highest BCUT2D eigenvalue weighted by molar-refractivity contribution is 7.90. The third-order valence-electron chi connectivity index (χ3n) is 5.18. The van der Waals surface area contributed by atoms with Gasteiger partial charge in [0, 0.05) is 30.7 Å². The molecule has 4 rings (SSSR count). The van der Waals surface area contributed by atoms with Crippen molar-refractivity contribution in [1.29, 1.82) is 0 Å². The maximum atomic E-state index is 12.8. The number of rotatable bonds is 2. The Morgan fingerprint density at radius 1 is 1.24 bits per heavy atom. The third kappa shape index (κ3) is 3.04. The molecule has 0 aromatic heterocycles. The zero-order chi connectivity index (χ0) is 17.6. The van der Waals surface area contributed by atoms with E-state index in [1.807, 2.05) is 4.90 Å². The summed E-state index contributed by atoms with van der Waals surface area (Å²) in [6.45, 7) is 3.15. The lowest BCUT2D eigenvalue weighted by Gasteiger charge is -2.26. The highest BCUT2D eigenvalue weighted by Gasteiger charge is 2.34. The Hall–Kier alpha value is -1.93. The average molecular weight is 362 g/mol. The summed E-state index contributed by atoms with van der Waals surface area (Å²) in [6, 6.07) is 6.94. The van der Waals surface area contributed by atoms with Crippen molar-refractivity contribution < 1.29 is 13.2 Å². The zero-order valence-electron chi connectivity index (χ0n) is 14.1. The first-order valence-electron chi connectivity index (χ1n) is 8.69. The number of hydrogen-bond acceptors (Lipinski definition) is 5. The minimum absolute atomic E-state index is 0.0505. The van der Waals surface area contributed by atoms with Gasteiger partial charge in [-0.3, -0.25) is 14.5 Å². The third-order valence-corrected chi connectivity index (χ3v) is 6.57. The molecule has 0 aliphatic carbocycles. The number of likely N-dealkylation sites (tertiary alicyclic amines) is 1. The highest BCUT2D eigenvalue weighted by atomic mass is 32.2. The second kappa shape index (κ2) is 6.10. The highest BCUT2D eigenvalue weighted by Crippen LogP contribution is 2.24. The minimum atomic E-state index is -3.58. The maximum absolute atomic E-state index is 12.8. The van der Waals surface area contributed by atoms with Crippen LogP contribution in [0, 0.1) is 0 Å². The van der Waals surface area contributed by atoms with Crippen molar-refractivity contribution >= 4 is 21.8 Å². The smallest absolute Gasteiger partial charge is 0.263 e. The van der Waals surface area contributed by atoms with E-state index in [4.69, 9.17) is 0 Å². The van der Waals surface area contributed by atoms with Gasteiger partial charge in [0.05, 0.1) is 4.90 Å². The number of nitrogens with zero attached hydrogens (tertiary/aromatic N) is 2. The number of carbonyl (C=O) groups is 1. The summed E-state index contributed by atoms with van der Waals surface area (Å²) >= 11 is 0. The average Bonchev–Trinajstić information content (AvgIpc) is 3.04. The van der Waals surface area contributed by atoms with Crippen LogP contribution in [0.2, 0.25) is 0 Å². The Balaban J connectivity index is 1.54. The Morgan fingerprint density at radius 2 is 2.00 bits per heavy atom. The van der Waals surface area contributed by atoms with Gasteiger partial charge in [0.1, 0.15) is 11.9 Å². The fourth-order valence-corrected chi connectivity index (χ4v) is 5.13. The number of sulfonamides is 1. The van der Waals surface area contributed by atoms with Gasteiger partial charge in [0.15, 0.2) is 0 Å². The molecular formula is C17H22N4O3S. The van der Waals surface area contributed by atoms with E-state index in [-0.39, 0.29) is 16.6 Å². The topological polar surface area (TPSA) is 90.9 Å². The molecule has 3 aliphatic rings. The van der Waals surface area contributed by atoms with E-state index in [1.165, 1.54) is 6.42 Å². The van der Waals surface area contributed by atoms with Gasteiger partial charge in [-0.1, -0.05) is 12.1 Å². The zero-order valence-corrected chi connectivity index (χ0v) is 14.9. The summed E-state index contributed by atoms with van der Waals surface area (Å²) in [7, 11) is -3.58. The minimum Gasteiger partial charge on any atom is -0.339 e. The summed E-state index contributed by atoms with van der Waals surface area (Å²) in [4.78, 5) is 19.3. The SMILES string of the molecule is CC(N=C1NS(=O)(=O)c2ccccc21)C(=O)N1CCC2CCC(C1)N2. The van der Waals surface area contributed by atoms with E-state index in [0.717, 1.165) is 19.4 Å².